The van der Waals surface area contributed by atoms with Gasteiger partial charge in [-0.05, 0) is 12.1 Å². The van der Waals surface area contributed by atoms with Crippen molar-refractivity contribution in [2.75, 3.05) is 63.9 Å². The average molecular weight is 484 g/mol. The van der Waals surface area contributed by atoms with E-state index in [2.05, 4.69) is 20.2 Å². The highest BCUT2D eigenvalue weighted by atomic mass is 19.3. The van der Waals surface area contributed by atoms with Gasteiger partial charge in [-0.15, -0.1) is 0 Å². The first kappa shape index (κ1) is 22.3. The van der Waals surface area contributed by atoms with Crippen LogP contribution in [0.3, 0.4) is 0 Å². The fourth-order valence-electron chi connectivity index (χ4n) is 4.74. The molecule has 12 heteroatoms. The van der Waals surface area contributed by atoms with Crippen LogP contribution >= 0.6 is 0 Å². The van der Waals surface area contributed by atoms with Crippen LogP contribution in [-0.4, -0.2) is 93.0 Å². The van der Waals surface area contributed by atoms with Crippen molar-refractivity contribution in [2.24, 2.45) is 0 Å². The molecule has 0 atom stereocenters. The number of ether oxygens (including phenoxy) is 1. The van der Waals surface area contributed by atoms with Gasteiger partial charge >= 0.3 is 0 Å². The highest BCUT2D eigenvalue weighted by Crippen LogP contribution is 2.31. The number of hydrogen-bond donors (Lipinski definition) is 1. The Kier molecular flexibility index (Phi) is 6.00. The summed E-state index contributed by atoms with van der Waals surface area (Å²) in [4.78, 5) is 22.9. The average Bonchev–Trinajstić information content (AvgIpc) is 3.50. The highest BCUT2D eigenvalue weighted by Gasteiger charge is 2.26. The highest BCUT2D eigenvalue weighted by molar-refractivity contribution is 5.85. The molecule has 2 aliphatic rings. The van der Waals surface area contributed by atoms with Gasteiger partial charge in [0.1, 0.15) is 0 Å². The summed E-state index contributed by atoms with van der Waals surface area (Å²) in [5.74, 6) is 0.452. The second-order valence-corrected chi connectivity index (χ2v) is 8.74. The smallest absolute Gasteiger partial charge is 0.296 e. The van der Waals surface area contributed by atoms with E-state index in [9.17, 15) is 8.78 Å². The Morgan fingerprint density at radius 1 is 0.971 bits per heavy atom. The SMILES string of the molecule is FC(F)c1nc2ccccc2n1-c1nc(N2CCOCC2)nc2c1ncn2CCN1CCNCC1. The lowest BCUT2D eigenvalue weighted by atomic mass is 10.3. The summed E-state index contributed by atoms with van der Waals surface area (Å²) in [5, 5.41) is 3.37. The summed E-state index contributed by atoms with van der Waals surface area (Å²) >= 11 is 0. The van der Waals surface area contributed by atoms with Crippen molar-refractivity contribution in [3.8, 4) is 5.82 Å². The summed E-state index contributed by atoms with van der Waals surface area (Å²) in [6.45, 7) is 7.88. The van der Waals surface area contributed by atoms with Crippen LogP contribution in [0.25, 0.3) is 28.0 Å². The van der Waals surface area contributed by atoms with Crippen LogP contribution < -0.4 is 10.2 Å². The van der Waals surface area contributed by atoms with Gasteiger partial charge in [0, 0.05) is 52.4 Å². The van der Waals surface area contributed by atoms with Gasteiger partial charge in [-0.2, -0.15) is 9.97 Å². The van der Waals surface area contributed by atoms with Crippen LogP contribution in [-0.2, 0) is 11.3 Å². The van der Waals surface area contributed by atoms with E-state index in [1.165, 1.54) is 4.57 Å². The molecule has 5 heterocycles. The molecule has 4 aromatic rings. The minimum atomic E-state index is -2.77. The molecule has 1 N–H and O–H groups in total. The molecule has 35 heavy (non-hydrogen) atoms. The molecule has 2 aliphatic heterocycles. The van der Waals surface area contributed by atoms with Crippen LogP contribution in [0.4, 0.5) is 14.7 Å². The molecule has 0 radical (unpaired) electrons. The molecule has 184 valence electrons. The predicted octanol–water partition coefficient (Wildman–Crippen LogP) is 1.84. The Labute approximate surface area is 200 Å². The Morgan fingerprint density at radius 2 is 1.77 bits per heavy atom. The number of hydrogen-bond acceptors (Lipinski definition) is 8. The fourth-order valence-corrected chi connectivity index (χ4v) is 4.74. The van der Waals surface area contributed by atoms with Gasteiger partial charge < -0.3 is 19.5 Å². The fraction of sp³-hybridized carbons (Fsp3) is 0.478. The number of benzene rings is 1. The molecule has 2 fully saturated rings. The van der Waals surface area contributed by atoms with Gasteiger partial charge in [0.15, 0.2) is 22.8 Å². The second kappa shape index (κ2) is 9.44. The number of imidazole rings is 2. The summed E-state index contributed by atoms with van der Waals surface area (Å²) in [7, 11) is 0. The van der Waals surface area contributed by atoms with E-state index in [1.54, 1.807) is 24.5 Å². The third kappa shape index (κ3) is 4.21. The topological polar surface area (TPSA) is 89.2 Å². The molecule has 0 spiro atoms. The van der Waals surface area contributed by atoms with Gasteiger partial charge in [-0.25, -0.2) is 18.7 Å². The van der Waals surface area contributed by atoms with Crippen molar-refractivity contribution >= 4 is 28.1 Å². The maximum Gasteiger partial charge on any atom is 0.296 e. The number of aromatic nitrogens is 6. The van der Waals surface area contributed by atoms with Crippen LogP contribution in [0.15, 0.2) is 30.6 Å². The molecular weight excluding hydrogens is 456 g/mol. The van der Waals surface area contributed by atoms with Crippen molar-refractivity contribution in [3.63, 3.8) is 0 Å². The Bertz CT molecular complexity index is 1330. The molecule has 0 amide bonds. The number of piperazine rings is 1. The largest absolute Gasteiger partial charge is 0.378 e. The summed E-state index contributed by atoms with van der Waals surface area (Å²) in [6, 6.07) is 7.10. The lowest BCUT2D eigenvalue weighted by molar-refractivity contribution is 0.122. The maximum atomic E-state index is 14.1. The Hall–Kier alpha value is -3.22. The molecule has 6 rings (SSSR count). The van der Waals surface area contributed by atoms with E-state index >= 15 is 0 Å². The van der Waals surface area contributed by atoms with Gasteiger partial charge in [0.2, 0.25) is 5.95 Å². The molecular formula is C23H27F2N9O. The molecule has 0 bridgehead atoms. The number of halogens is 2. The maximum absolute atomic E-state index is 14.1. The Morgan fingerprint density at radius 3 is 2.57 bits per heavy atom. The van der Waals surface area contributed by atoms with E-state index < -0.39 is 6.43 Å². The number of fused-ring (bicyclic) bond motifs is 2. The lowest BCUT2D eigenvalue weighted by Crippen LogP contribution is -2.44. The van der Waals surface area contributed by atoms with Gasteiger partial charge in [-0.1, -0.05) is 12.1 Å². The Balaban J connectivity index is 1.49. The quantitative estimate of drug-likeness (QED) is 0.445. The molecule has 0 saturated carbocycles. The molecule has 0 unspecified atom stereocenters. The first-order chi connectivity index (χ1) is 17.2. The zero-order valence-electron chi connectivity index (χ0n) is 19.3. The number of nitrogens with one attached hydrogen (secondary N) is 1. The van der Waals surface area contributed by atoms with Gasteiger partial charge in [0.25, 0.3) is 6.43 Å². The van der Waals surface area contributed by atoms with Crippen LogP contribution in [0.5, 0.6) is 0 Å². The second-order valence-electron chi connectivity index (χ2n) is 8.74. The van der Waals surface area contributed by atoms with Crippen LogP contribution in [0, 0.1) is 0 Å². The van der Waals surface area contributed by atoms with Crippen LogP contribution in [0.1, 0.15) is 12.2 Å². The predicted molar refractivity (Wildman–Crippen MR) is 127 cm³/mol. The van der Waals surface area contributed by atoms with Crippen LogP contribution in [0.2, 0.25) is 0 Å². The molecule has 3 aromatic heterocycles. The minimum absolute atomic E-state index is 0.321. The number of anilines is 1. The van der Waals surface area contributed by atoms with Gasteiger partial charge in [-0.3, -0.25) is 9.47 Å². The number of alkyl halides is 2. The molecule has 2 saturated heterocycles. The number of nitrogens with zero attached hydrogens (tertiary/aromatic N) is 8. The summed E-state index contributed by atoms with van der Waals surface area (Å²) in [6.07, 6.45) is -1.04. The first-order valence-electron chi connectivity index (χ1n) is 11.9. The van der Waals surface area contributed by atoms with Crippen molar-refractivity contribution in [1.82, 2.24) is 39.3 Å². The van der Waals surface area contributed by atoms with Crippen molar-refractivity contribution in [3.05, 3.63) is 36.4 Å². The zero-order valence-corrected chi connectivity index (χ0v) is 19.3. The summed E-state index contributed by atoms with van der Waals surface area (Å²) < 4.78 is 37.2. The van der Waals surface area contributed by atoms with Crippen molar-refractivity contribution < 1.29 is 13.5 Å². The molecule has 0 aliphatic carbocycles. The van der Waals surface area contributed by atoms with Crippen molar-refractivity contribution in [1.29, 1.82) is 0 Å². The van der Waals surface area contributed by atoms with E-state index in [0.29, 0.717) is 66.8 Å². The number of rotatable bonds is 6. The standard InChI is InChI=1S/C23H27F2N9O/c24-19(25)22-28-16-3-1-2-4-17(16)34(22)21-18-20(29-23(30-21)32-11-13-35-14-12-32)33(15-27-18)10-9-31-7-5-26-6-8-31/h1-4,15,19,26H,5-14H2. The van der Waals surface area contributed by atoms with Gasteiger partial charge in [0.05, 0.1) is 30.6 Å². The first-order valence-corrected chi connectivity index (χ1v) is 11.9. The monoisotopic (exact) mass is 483 g/mol. The normalized spacial score (nSPS) is 17.7. The number of para-hydroxylation sites is 2. The lowest BCUT2D eigenvalue weighted by Gasteiger charge is -2.28. The van der Waals surface area contributed by atoms with E-state index in [0.717, 1.165) is 32.7 Å². The zero-order chi connectivity index (χ0) is 23.8. The third-order valence-electron chi connectivity index (χ3n) is 6.59. The third-order valence-corrected chi connectivity index (χ3v) is 6.59. The van der Waals surface area contributed by atoms with E-state index in [1.807, 2.05) is 15.5 Å². The molecule has 1 aromatic carbocycles. The van der Waals surface area contributed by atoms with E-state index in [-0.39, 0.29) is 5.82 Å². The minimum Gasteiger partial charge on any atom is -0.378 e. The van der Waals surface area contributed by atoms with Crippen molar-refractivity contribution in [2.45, 2.75) is 13.0 Å². The summed E-state index contributed by atoms with van der Waals surface area (Å²) in [5.41, 5.74) is 2.16. The molecule has 10 nitrogen and oxygen atoms in total. The number of morpholine rings is 1. The van der Waals surface area contributed by atoms with E-state index in [4.69, 9.17) is 14.7 Å².